The highest BCUT2D eigenvalue weighted by Crippen LogP contribution is 2.32. The van der Waals surface area contributed by atoms with E-state index in [0.29, 0.717) is 22.9 Å². The summed E-state index contributed by atoms with van der Waals surface area (Å²) in [6.45, 7) is 0. The van der Waals surface area contributed by atoms with Gasteiger partial charge in [-0.2, -0.15) is 0 Å². The molecule has 24 heavy (non-hydrogen) atoms. The number of hydrogen-bond donors (Lipinski definition) is 3. The van der Waals surface area contributed by atoms with Gasteiger partial charge in [-0.05, 0) is 36.1 Å². The van der Waals surface area contributed by atoms with Crippen molar-refractivity contribution in [3.8, 4) is 5.75 Å². The Labute approximate surface area is 137 Å². The third-order valence-electron chi connectivity index (χ3n) is 4.34. The topological polar surface area (TPSA) is 100 Å². The van der Waals surface area contributed by atoms with Gasteiger partial charge in [0.05, 0.1) is 12.5 Å². The third kappa shape index (κ3) is 2.34. The van der Waals surface area contributed by atoms with Crippen LogP contribution in [-0.4, -0.2) is 39.2 Å². The van der Waals surface area contributed by atoms with Gasteiger partial charge in [0, 0.05) is 6.04 Å². The summed E-state index contributed by atoms with van der Waals surface area (Å²) in [5, 5.41) is 14.1. The molecule has 1 atom stereocenters. The molecule has 7 heteroatoms. The maximum absolute atomic E-state index is 11.7. The number of aromatic amines is 1. The molecule has 1 aromatic carbocycles. The fraction of sp³-hybridized carbons (Fsp3) is 0.235. The Bertz CT molecular complexity index is 935. The van der Waals surface area contributed by atoms with Crippen LogP contribution in [0, 0.1) is 0 Å². The predicted octanol–water partition coefficient (Wildman–Crippen LogP) is 2.03. The van der Waals surface area contributed by atoms with Crippen LogP contribution in [0.4, 0.5) is 5.82 Å². The molecule has 2 heterocycles. The van der Waals surface area contributed by atoms with E-state index in [-0.39, 0.29) is 6.04 Å². The minimum atomic E-state index is -0.447. The number of aromatic hydroxyl groups is 1. The van der Waals surface area contributed by atoms with Gasteiger partial charge in [-0.15, -0.1) is 0 Å². The van der Waals surface area contributed by atoms with Gasteiger partial charge in [-0.25, -0.2) is 14.8 Å². The molecule has 0 saturated heterocycles. The summed E-state index contributed by atoms with van der Waals surface area (Å²) >= 11 is 0. The Balaban J connectivity index is 1.63. The standard InChI is InChI=1S/C17H16N4O3/c1-24-17(23)13-7-12-15(18-8-19-16(12)21-13)20-10-5-9-3-2-4-14(22)11(9)6-10/h2-4,7-8,10,22H,5-6H2,1H3,(H2,18,19,20,21). The van der Waals surface area contributed by atoms with Crippen molar-refractivity contribution < 1.29 is 14.6 Å². The SMILES string of the molecule is COC(=O)c1cc2c(NC3Cc4cccc(O)c4C3)ncnc2[nH]1. The maximum Gasteiger partial charge on any atom is 0.354 e. The smallest absolute Gasteiger partial charge is 0.354 e. The minimum Gasteiger partial charge on any atom is -0.508 e. The average Bonchev–Trinajstić information content (AvgIpc) is 3.19. The Morgan fingerprint density at radius 2 is 2.25 bits per heavy atom. The molecule has 122 valence electrons. The highest BCUT2D eigenvalue weighted by Gasteiger charge is 2.25. The molecule has 0 fully saturated rings. The first-order valence-corrected chi connectivity index (χ1v) is 7.64. The van der Waals surface area contributed by atoms with Gasteiger partial charge in [-0.3, -0.25) is 0 Å². The minimum absolute atomic E-state index is 0.128. The molecule has 2 aromatic heterocycles. The number of esters is 1. The molecule has 0 bridgehead atoms. The predicted molar refractivity (Wildman–Crippen MR) is 88.2 cm³/mol. The zero-order chi connectivity index (χ0) is 16.7. The van der Waals surface area contributed by atoms with Crippen LogP contribution in [0.5, 0.6) is 5.75 Å². The van der Waals surface area contributed by atoms with Crippen molar-refractivity contribution in [1.82, 2.24) is 15.0 Å². The van der Waals surface area contributed by atoms with E-state index in [2.05, 4.69) is 20.3 Å². The van der Waals surface area contributed by atoms with E-state index in [9.17, 15) is 9.90 Å². The maximum atomic E-state index is 11.7. The summed E-state index contributed by atoms with van der Waals surface area (Å²) in [5.41, 5.74) is 3.03. The lowest BCUT2D eigenvalue weighted by atomic mass is 10.1. The lowest BCUT2D eigenvalue weighted by molar-refractivity contribution is 0.0595. The zero-order valence-electron chi connectivity index (χ0n) is 13.0. The molecule has 1 aliphatic carbocycles. The van der Waals surface area contributed by atoms with Crippen molar-refractivity contribution in [2.24, 2.45) is 0 Å². The number of nitrogens with zero attached hydrogens (tertiary/aromatic N) is 2. The number of H-pyrrole nitrogens is 1. The van der Waals surface area contributed by atoms with Gasteiger partial charge in [0.2, 0.25) is 0 Å². The third-order valence-corrected chi connectivity index (χ3v) is 4.34. The molecule has 0 amide bonds. The first-order chi connectivity index (χ1) is 11.7. The van der Waals surface area contributed by atoms with E-state index in [1.807, 2.05) is 12.1 Å². The van der Waals surface area contributed by atoms with E-state index in [1.54, 1.807) is 12.1 Å². The molecule has 7 nitrogen and oxygen atoms in total. The van der Waals surface area contributed by atoms with Crippen LogP contribution >= 0.6 is 0 Å². The van der Waals surface area contributed by atoms with Crippen molar-refractivity contribution >= 4 is 22.8 Å². The van der Waals surface area contributed by atoms with E-state index < -0.39 is 5.97 Å². The number of phenols is 1. The summed E-state index contributed by atoms with van der Waals surface area (Å²) in [4.78, 5) is 23.1. The van der Waals surface area contributed by atoms with E-state index in [0.717, 1.165) is 29.4 Å². The second kappa shape index (κ2) is 5.52. The van der Waals surface area contributed by atoms with E-state index >= 15 is 0 Å². The van der Waals surface area contributed by atoms with Gasteiger partial charge in [0.15, 0.2) is 0 Å². The fourth-order valence-corrected chi connectivity index (χ4v) is 3.20. The van der Waals surface area contributed by atoms with Crippen molar-refractivity contribution in [3.05, 3.63) is 47.4 Å². The molecule has 3 aromatic rings. The molecule has 0 spiro atoms. The number of benzene rings is 1. The number of carbonyl (C=O) groups is 1. The molecular weight excluding hydrogens is 308 g/mol. The molecule has 0 aliphatic heterocycles. The summed E-state index contributed by atoms with van der Waals surface area (Å²) in [6.07, 6.45) is 2.98. The number of hydrogen-bond acceptors (Lipinski definition) is 6. The Morgan fingerprint density at radius 1 is 1.38 bits per heavy atom. The van der Waals surface area contributed by atoms with Crippen LogP contribution < -0.4 is 5.32 Å². The van der Waals surface area contributed by atoms with Crippen LogP contribution in [0.3, 0.4) is 0 Å². The van der Waals surface area contributed by atoms with Crippen molar-refractivity contribution in [2.75, 3.05) is 12.4 Å². The number of phenolic OH excluding ortho intramolecular Hbond substituents is 1. The number of carbonyl (C=O) groups excluding carboxylic acids is 1. The van der Waals surface area contributed by atoms with E-state index in [1.165, 1.54) is 13.4 Å². The van der Waals surface area contributed by atoms with Gasteiger partial charge < -0.3 is 20.1 Å². The Hall–Kier alpha value is -3.09. The van der Waals surface area contributed by atoms with Crippen LogP contribution in [0.15, 0.2) is 30.6 Å². The molecular formula is C17H16N4O3. The second-order valence-electron chi connectivity index (χ2n) is 5.82. The molecule has 0 radical (unpaired) electrons. The highest BCUT2D eigenvalue weighted by molar-refractivity contribution is 5.97. The Kier molecular flexibility index (Phi) is 3.34. The largest absolute Gasteiger partial charge is 0.508 e. The molecule has 0 saturated carbocycles. The summed E-state index contributed by atoms with van der Waals surface area (Å²) in [7, 11) is 1.33. The number of anilines is 1. The van der Waals surface area contributed by atoms with Gasteiger partial charge >= 0.3 is 5.97 Å². The second-order valence-corrected chi connectivity index (χ2v) is 5.82. The number of nitrogens with one attached hydrogen (secondary N) is 2. The van der Waals surface area contributed by atoms with Crippen LogP contribution in [0.1, 0.15) is 21.6 Å². The first-order valence-electron chi connectivity index (χ1n) is 7.64. The van der Waals surface area contributed by atoms with Crippen molar-refractivity contribution in [2.45, 2.75) is 18.9 Å². The lowest BCUT2D eigenvalue weighted by Gasteiger charge is -2.13. The van der Waals surface area contributed by atoms with Gasteiger partial charge in [0.25, 0.3) is 0 Å². The average molecular weight is 324 g/mol. The van der Waals surface area contributed by atoms with Gasteiger partial charge in [0.1, 0.15) is 29.2 Å². The van der Waals surface area contributed by atoms with Crippen LogP contribution in [0.2, 0.25) is 0 Å². The highest BCUT2D eigenvalue weighted by atomic mass is 16.5. The monoisotopic (exact) mass is 324 g/mol. The number of ether oxygens (including phenoxy) is 1. The summed E-state index contributed by atoms with van der Waals surface area (Å²) < 4.78 is 4.73. The van der Waals surface area contributed by atoms with Gasteiger partial charge in [-0.1, -0.05) is 12.1 Å². The number of fused-ring (bicyclic) bond motifs is 2. The first kappa shape index (κ1) is 14.5. The van der Waals surface area contributed by atoms with Crippen LogP contribution in [0.25, 0.3) is 11.0 Å². The molecule has 4 rings (SSSR count). The van der Waals surface area contributed by atoms with E-state index in [4.69, 9.17) is 4.74 Å². The molecule has 1 unspecified atom stereocenters. The normalized spacial score (nSPS) is 16.1. The quantitative estimate of drug-likeness (QED) is 0.637. The molecule has 3 N–H and O–H groups in total. The summed E-state index contributed by atoms with van der Waals surface area (Å²) in [5.74, 6) is 0.542. The number of aromatic nitrogens is 3. The van der Waals surface area contributed by atoms with Crippen LogP contribution in [-0.2, 0) is 17.6 Å². The number of methoxy groups -OCH3 is 1. The van der Waals surface area contributed by atoms with Crippen molar-refractivity contribution in [3.63, 3.8) is 0 Å². The zero-order valence-corrected chi connectivity index (χ0v) is 13.0. The fourth-order valence-electron chi connectivity index (χ4n) is 3.20. The lowest BCUT2D eigenvalue weighted by Crippen LogP contribution is -2.20. The Morgan fingerprint density at radius 3 is 3.04 bits per heavy atom. The summed E-state index contributed by atoms with van der Waals surface area (Å²) in [6, 6.07) is 7.40. The van der Waals surface area contributed by atoms with Crippen molar-refractivity contribution in [1.29, 1.82) is 0 Å². The molecule has 1 aliphatic rings. The number of rotatable bonds is 3.